The third-order valence-electron chi connectivity index (χ3n) is 5.65. The normalized spacial score (nSPS) is 12.1. The van der Waals surface area contributed by atoms with Crippen LogP contribution in [0.4, 0.5) is 0 Å². The summed E-state index contributed by atoms with van der Waals surface area (Å²) in [4.78, 5) is 12.1. The Kier molecular flexibility index (Phi) is 15.7. The summed E-state index contributed by atoms with van der Waals surface area (Å²) in [7, 11) is 0. The third kappa shape index (κ3) is 13.0. The number of hydrogen-bond acceptors (Lipinski definition) is 2. The summed E-state index contributed by atoms with van der Waals surface area (Å²) < 4.78 is 5.43. The lowest BCUT2D eigenvalue weighted by molar-refractivity contribution is -0.145. The van der Waals surface area contributed by atoms with Crippen LogP contribution in [0, 0.1) is 0 Å². The average Bonchev–Trinajstić information content (AvgIpc) is 2.73. The van der Waals surface area contributed by atoms with Crippen LogP contribution in [0.25, 0.3) is 0 Å². The molecular weight excluding hydrogens is 344 g/mol. The van der Waals surface area contributed by atoms with Gasteiger partial charge in [-0.1, -0.05) is 127 Å². The Labute approximate surface area is 174 Å². The first kappa shape index (κ1) is 24.7. The van der Waals surface area contributed by atoms with Crippen LogP contribution in [0.15, 0.2) is 30.3 Å². The zero-order valence-electron chi connectivity index (χ0n) is 18.6. The van der Waals surface area contributed by atoms with Crippen LogP contribution >= 0.6 is 0 Å². The number of esters is 1. The smallest absolute Gasteiger partial charge is 0.313 e. The molecular formula is C26H44O2. The average molecular weight is 389 g/mol. The van der Waals surface area contributed by atoms with Gasteiger partial charge in [-0.15, -0.1) is 0 Å². The summed E-state index contributed by atoms with van der Waals surface area (Å²) in [6.07, 6.45) is 20.3. The fraction of sp³-hybridized carbons (Fsp3) is 0.731. The number of hydrogen-bond donors (Lipinski definition) is 0. The number of rotatable bonds is 18. The molecule has 0 N–H and O–H groups in total. The van der Waals surface area contributed by atoms with Crippen molar-refractivity contribution in [2.24, 2.45) is 0 Å². The molecule has 1 rings (SSSR count). The molecule has 0 aliphatic rings. The minimum Gasteiger partial charge on any atom is -0.465 e. The lowest BCUT2D eigenvalue weighted by Crippen LogP contribution is -2.13. The maximum absolute atomic E-state index is 12.1. The second kappa shape index (κ2) is 17.8. The Morgan fingerprint density at radius 3 is 1.61 bits per heavy atom. The molecule has 1 aromatic rings. The van der Waals surface area contributed by atoms with E-state index < -0.39 is 0 Å². The van der Waals surface area contributed by atoms with Gasteiger partial charge in [0.1, 0.15) is 0 Å². The van der Waals surface area contributed by atoms with E-state index in [1.54, 1.807) is 0 Å². The largest absolute Gasteiger partial charge is 0.465 e. The number of carbonyl (C=O) groups is 1. The fourth-order valence-electron chi connectivity index (χ4n) is 3.65. The van der Waals surface area contributed by atoms with E-state index in [4.69, 9.17) is 4.74 Å². The van der Waals surface area contributed by atoms with Gasteiger partial charge in [0.2, 0.25) is 0 Å². The zero-order chi connectivity index (χ0) is 20.3. The Balaban J connectivity index is 1.82. The van der Waals surface area contributed by atoms with E-state index in [1.807, 2.05) is 37.3 Å². The number of benzene rings is 1. The quantitative estimate of drug-likeness (QED) is 0.187. The summed E-state index contributed by atoms with van der Waals surface area (Å²) in [5.41, 5.74) is 1.03. The molecule has 0 saturated carbocycles. The van der Waals surface area contributed by atoms with Gasteiger partial charge in [-0.3, -0.25) is 4.79 Å². The van der Waals surface area contributed by atoms with Gasteiger partial charge in [-0.05, 0) is 18.9 Å². The maximum atomic E-state index is 12.1. The van der Waals surface area contributed by atoms with Crippen molar-refractivity contribution < 1.29 is 9.53 Å². The molecule has 0 heterocycles. The van der Waals surface area contributed by atoms with E-state index in [0.29, 0.717) is 6.61 Å². The molecule has 0 aliphatic carbocycles. The number of ether oxygens (including phenoxy) is 1. The molecule has 1 atom stereocenters. The molecule has 160 valence electrons. The van der Waals surface area contributed by atoms with Crippen LogP contribution in [-0.2, 0) is 9.53 Å². The monoisotopic (exact) mass is 388 g/mol. The van der Waals surface area contributed by atoms with Crippen LogP contribution in [-0.4, -0.2) is 12.6 Å². The van der Waals surface area contributed by atoms with E-state index in [9.17, 15) is 4.79 Å². The van der Waals surface area contributed by atoms with E-state index in [0.717, 1.165) is 12.0 Å². The minimum atomic E-state index is -0.169. The Hall–Kier alpha value is -1.31. The molecule has 2 heteroatoms. The van der Waals surface area contributed by atoms with Crippen LogP contribution in [0.5, 0.6) is 0 Å². The second-order valence-corrected chi connectivity index (χ2v) is 8.25. The van der Waals surface area contributed by atoms with Gasteiger partial charge in [0, 0.05) is 0 Å². The van der Waals surface area contributed by atoms with Crippen molar-refractivity contribution in [2.45, 2.75) is 116 Å². The highest BCUT2D eigenvalue weighted by molar-refractivity contribution is 5.77. The van der Waals surface area contributed by atoms with E-state index in [2.05, 4.69) is 6.92 Å². The van der Waals surface area contributed by atoms with Crippen molar-refractivity contribution in [3.05, 3.63) is 35.9 Å². The van der Waals surface area contributed by atoms with Gasteiger partial charge in [0.05, 0.1) is 12.5 Å². The Morgan fingerprint density at radius 2 is 1.14 bits per heavy atom. The molecule has 1 aromatic carbocycles. The molecule has 0 bridgehead atoms. The van der Waals surface area contributed by atoms with Crippen molar-refractivity contribution in [1.29, 1.82) is 0 Å². The summed E-state index contributed by atoms with van der Waals surface area (Å²) in [5.74, 6) is -0.269. The molecule has 0 saturated heterocycles. The van der Waals surface area contributed by atoms with Crippen molar-refractivity contribution in [3.63, 3.8) is 0 Å². The van der Waals surface area contributed by atoms with Gasteiger partial charge in [-0.25, -0.2) is 0 Å². The van der Waals surface area contributed by atoms with Crippen molar-refractivity contribution in [2.75, 3.05) is 6.61 Å². The second-order valence-electron chi connectivity index (χ2n) is 8.25. The first-order valence-electron chi connectivity index (χ1n) is 12.0. The van der Waals surface area contributed by atoms with Crippen molar-refractivity contribution >= 4 is 5.97 Å². The van der Waals surface area contributed by atoms with Crippen molar-refractivity contribution in [1.82, 2.24) is 0 Å². The molecule has 0 fully saturated rings. The van der Waals surface area contributed by atoms with Crippen molar-refractivity contribution in [3.8, 4) is 0 Å². The molecule has 0 radical (unpaired) electrons. The number of unbranched alkanes of at least 4 members (excludes halogenated alkanes) is 14. The highest BCUT2D eigenvalue weighted by Crippen LogP contribution is 2.17. The molecule has 0 amide bonds. The standard InChI is InChI=1S/C26H44O2/c1-3-4-5-6-7-8-9-10-11-12-13-14-15-16-20-23-28-26(27)24(2)25-21-18-17-19-22-25/h17-19,21-22,24H,3-16,20,23H2,1-2H3. The predicted octanol–water partition coefficient (Wildman–Crippen LogP) is 8.20. The predicted molar refractivity (Wildman–Crippen MR) is 121 cm³/mol. The Morgan fingerprint density at radius 1 is 0.714 bits per heavy atom. The molecule has 0 spiro atoms. The summed E-state index contributed by atoms with van der Waals surface area (Å²) >= 11 is 0. The molecule has 0 aliphatic heterocycles. The fourth-order valence-corrected chi connectivity index (χ4v) is 3.65. The first-order chi connectivity index (χ1) is 13.8. The third-order valence-corrected chi connectivity index (χ3v) is 5.65. The van der Waals surface area contributed by atoms with E-state index in [-0.39, 0.29) is 11.9 Å². The highest BCUT2D eigenvalue weighted by Gasteiger charge is 2.15. The Bertz CT molecular complexity index is 469. The van der Waals surface area contributed by atoms with Crippen LogP contribution in [0.3, 0.4) is 0 Å². The highest BCUT2D eigenvalue weighted by atomic mass is 16.5. The molecule has 28 heavy (non-hydrogen) atoms. The van der Waals surface area contributed by atoms with Crippen LogP contribution < -0.4 is 0 Å². The van der Waals surface area contributed by atoms with Crippen LogP contribution in [0.2, 0.25) is 0 Å². The molecule has 2 nitrogen and oxygen atoms in total. The van der Waals surface area contributed by atoms with Gasteiger partial charge < -0.3 is 4.74 Å². The summed E-state index contributed by atoms with van der Waals surface area (Å²) in [6, 6.07) is 9.87. The molecule has 1 unspecified atom stereocenters. The number of carbonyl (C=O) groups excluding carboxylic acids is 1. The minimum absolute atomic E-state index is 0.100. The van der Waals surface area contributed by atoms with E-state index >= 15 is 0 Å². The zero-order valence-corrected chi connectivity index (χ0v) is 18.6. The van der Waals surface area contributed by atoms with Crippen LogP contribution in [0.1, 0.15) is 122 Å². The topological polar surface area (TPSA) is 26.3 Å². The lowest BCUT2D eigenvalue weighted by atomic mass is 10.0. The lowest BCUT2D eigenvalue weighted by Gasteiger charge is -2.11. The maximum Gasteiger partial charge on any atom is 0.313 e. The van der Waals surface area contributed by atoms with Gasteiger partial charge >= 0.3 is 5.97 Å². The summed E-state index contributed by atoms with van der Waals surface area (Å²) in [6.45, 7) is 4.76. The van der Waals surface area contributed by atoms with Gasteiger partial charge in [0.15, 0.2) is 0 Å². The van der Waals surface area contributed by atoms with Gasteiger partial charge in [0.25, 0.3) is 0 Å². The van der Waals surface area contributed by atoms with E-state index in [1.165, 1.54) is 89.9 Å². The molecule has 0 aromatic heterocycles. The first-order valence-corrected chi connectivity index (χ1v) is 12.0. The SMILES string of the molecule is CCCCCCCCCCCCCCCCCOC(=O)C(C)c1ccccc1. The van der Waals surface area contributed by atoms with Gasteiger partial charge in [-0.2, -0.15) is 0 Å². The summed E-state index contributed by atoms with van der Waals surface area (Å²) in [5, 5.41) is 0.